The summed E-state index contributed by atoms with van der Waals surface area (Å²) >= 11 is 3.46. The predicted molar refractivity (Wildman–Crippen MR) is 87.6 cm³/mol. The molecule has 5 heteroatoms. The standard InChI is InChI=1S/C16H24BrNO3/c1-11(2)18(15(19)21-16(3,4)5)10-12-8-7-9-13(17)14(12)20-6/h7-9,11H,10H2,1-6H3. The van der Waals surface area contributed by atoms with Crippen molar-refractivity contribution >= 4 is 22.0 Å². The fourth-order valence-electron chi connectivity index (χ4n) is 1.87. The fourth-order valence-corrected chi connectivity index (χ4v) is 2.44. The average Bonchev–Trinajstić information content (AvgIpc) is 2.33. The van der Waals surface area contributed by atoms with Gasteiger partial charge in [-0.05, 0) is 56.6 Å². The smallest absolute Gasteiger partial charge is 0.410 e. The molecule has 0 aliphatic rings. The average molecular weight is 358 g/mol. The van der Waals surface area contributed by atoms with Gasteiger partial charge in [0.05, 0.1) is 18.1 Å². The third-order valence-corrected chi connectivity index (χ3v) is 3.47. The van der Waals surface area contributed by atoms with Crippen LogP contribution in [0.5, 0.6) is 5.75 Å². The van der Waals surface area contributed by atoms with Gasteiger partial charge in [-0.1, -0.05) is 12.1 Å². The van der Waals surface area contributed by atoms with Gasteiger partial charge >= 0.3 is 6.09 Å². The summed E-state index contributed by atoms with van der Waals surface area (Å²) in [6.07, 6.45) is -0.320. The van der Waals surface area contributed by atoms with Gasteiger partial charge in [-0.3, -0.25) is 0 Å². The number of ether oxygens (including phenoxy) is 2. The topological polar surface area (TPSA) is 38.8 Å². The van der Waals surface area contributed by atoms with Crippen molar-refractivity contribution in [2.75, 3.05) is 7.11 Å². The van der Waals surface area contributed by atoms with Crippen LogP contribution in [0.2, 0.25) is 0 Å². The molecular formula is C16H24BrNO3. The second kappa shape index (κ2) is 7.16. The zero-order chi connectivity index (χ0) is 16.2. The number of benzene rings is 1. The lowest BCUT2D eigenvalue weighted by atomic mass is 10.1. The normalized spacial score (nSPS) is 11.4. The van der Waals surface area contributed by atoms with Crippen LogP contribution in [-0.2, 0) is 11.3 Å². The highest BCUT2D eigenvalue weighted by molar-refractivity contribution is 9.10. The summed E-state index contributed by atoms with van der Waals surface area (Å²) < 4.78 is 11.8. The van der Waals surface area contributed by atoms with E-state index < -0.39 is 5.60 Å². The zero-order valence-corrected chi connectivity index (χ0v) is 15.2. The highest BCUT2D eigenvalue weighted by Gasteiger charge is 2.25. The van der Waals surface area contributed by atoms with Crippen molar-refractivity contribution in [2.24, 2.45) is 0 Å². The highest BCUT2D eigenvalue weighted by Crippen LogP contribution is 2.30. The maximum Gasteiger partial charge on any atom is 0.410 e. The van der Waals surface area contributed by atoms with E-state index in [1.165, 1.54) is 0 Å². The molecule has 0 aliphatic heterocycles. The summed E-state index contributed by atoms with van der Waals surface area (Å²) in [5, 5.41) is 0. The molecule has 0 bridgehead atoms. The number of carbonyl (C=O) groups is 1. The number of hydrogen-bond donors (Lipinski definition) is 0. The largest absolute Gasteiger partial charge is 0.495 e. The van der Waals surface area contributed by atoms with Gasteiger partial charge in [0.1, 0.15) is 11.4 Å². The summed E-state index contributed by atoms with van der Waals surface area (Å²) in [5.74, 6) is 0.742. The van der Waals surface area contributed by atoms with Crippen molar-refractivity contribution < 1.29 is 14.3 Å². The Morgan fingerprint density at radius 3 is 2.43 bits per heavy atom. The number of carbonyl (C=O) groups excluding carboxylic acids is 1. The monoisotopic (exact) mass is 357 g/mol. The number of amides is 1. The summed E-state index contributed by atoms with van der Waals surface area (Å²) in [5.41, 5.74) is 0.428. The summed E-state index contributed by atoms with van der Waals surface area (Å²) in [6, 6.07) is 5.82. The van der Waals surface area contributed by atoms with Crippen LogP contribution in [0.15, 0.2) is 22.7 Å². The van der Waals surface area contributed by atoms with Crippen LogP contribution in [-0.4, -0.2) is 29.7 Å². The Balaban J connectivity index is 2.99. The third-order valence-electron chi connectivity index (χ3n) is 2.84. The van der Waals surface area contributed by atoms with Crippen LogP contribution >= 0.6 is 15.9 Å². The van der Waals surface area contributed by atoms with Crippen LogP contribution in [0.4, 0.5) is 4.79 Å². The Morgan fingerprint density at radius 1 is 1.33 bits per heavy atom. The molecule has 0 N–H and O–H groups in total. The molecule has 1 amide bonds. The van der Waals surface area contributed by atoms with Crippen molar-refractivity contribution in [2.45, 2.75) is 52.8 Å². The van der Waals surface area contributed by atoms with Crippen LogP contribution in [0.25, 0.3) is 0 Å². The Bertz CT molecular complexity index is 495. The van der Waals surface area contributed by atoms with Gasteiger partial charge in [0, 0.05) is 11.6 Å². The van der Waals surface area contributed by atoms with E-state index in [0.717, 1.165) is 15.8 Å². The Morgan fingerprint density at radius 2 is 1.95 bits per heavy atom. The van der Waals surface area contributed by atoms with Gasteiger partial charge in [-0.2, -0.15) is 0 Å². The van der Waals surface area contributed by atoms with Crippen LogP contribution in [0, 0.1) is 0 Å². The minimum Gasteiger partial charge on any atom is -0.495 e. The quantitative estimate of drug-likeness (QED) is 0.789. The first kappa shape index (κ1) is 17.8. The molecular weight excluding hydrogens is 334 g/mol. The lowest BCUT2D eigenvalue weighted by Gasteiger charge is -2.30. The van der Waals surface area contributed by atoms with Crippen molar-refractivity contribution in [1.29, 1.82) is 0 Å². The molecule has 0 saturated heterocycles. The first-order chi connectivity index (χ1) is 9.65. The van der Waals surface area contributed by atoms with E-state index in [2.05, 4.69) is 15.9 Å². The first-order valence-corrected chi connectivity index (χ1v) is 7.76. The molecule has 1 rings (SSSR count). The summed E-state index contributed by atoms with van der Waals surface area (Å²) in [7, 11) is 1.62. The van der Waals surface area contributed by atoms with Crippen LogP contribution in [0.1, 0.15) is 40.2 Å². The van der Waals surface area contributed by atoms with Gasteiger partial charge in [-0.25, -0.2) is 4.79 Å². The van der Waals surface area contributed by atoms with E-state index in [1.807, 2.05) is 52.8 Å². The Kier molecular flexibility index (Phi) is 6.08. The third kappa shape index (κ3) is 5.23. The molecule has 0 aliphatic carbocycles. The zero-order valence-electron chi connectivity index (χ0n) is 13.6. The molecule has 118 valence electrons. The number of hydrogen-bond acceptors (Lipinski definition) is 3. The van der Waals surface area contributed by atoms with Crippen LogP contribution in [0.3, 0.4) is 0 Å². The number of rotatable bonds is 4. The lowest BCUT2D eigenvalue weighted by molar-refractivity contribution is 0.0171. The molecule has 0 atom stereocenters. The molecule has 0 spiro atoms. The number of methoxy groups -OCH3 is 1. The molecule has 0 heterocycles. The van der Waals surface area contributed by atoms with Crippen molar-refractivity contribution in [1.82, 2.24) is 4.90 Å². The number of halogens is 1. The van der Waals surface area contributed by atoms with Gasteiger partial charge in [0.15, 0.2) is 0 Å². The van der Waals surface area contributed by atoms with E-state index in [-0.39, 0.29) is 12.1 Å². The van der Waals surface area contributed by atoms with Crippen molar-refractivity contribution in [3.8, 4) is 5.75 Å². The lowest BCUT2D eigenvalue weighted by Crippen LogP contribution is -2.40. The number of nitrogens with zero attached hydrogens (tertiary/aromatic N) is 1. The summed E-state index contributed by atoms with van der Waals surface area (Å²) in [6.45, 7) is 9.97. The predicted octanol–water partition coefficient (Wildman–Crippen LogP) is 4.60. The molecule has 1 aromatic rings. The Labute approximate surface area is 135 Å². The maximum atomic E-state index is 12.3. The molecule has 0 aromatic heterocycles. The van der Waals surface area contributed by atoms with Gasteiger partial charge in [0.2, 0.25) is 0 Å². The van der Waals surface area contributed by atoms with Gasteiger partial charge in [-0.15, -0.1) is 0 Å². The first-order valence-electron chi connectivity index (χ1n) is 6.96. The molecule has 0 unspecified atom stereocenters. The van der Waals surface area contributed by atoms with E-state index in [9.17, 15) is 4.79 Å². The van der Waals surface area contributed by atoms with Crippen LogP contribution < -0.4 is 4.74 Å². The van der Waals surface area contributed by atoms with Gasteiger partial charge in [0.25, 0.3) is 0 Å². The second-order valence-electron chi connectivity index (χ2n) is 6.13. The highest BCUT2D eigenvalue weighted by atomic mass is 79.9. The summed E-state index contributed by atoms with van der Waals surface area (Å²) in [4.78, 5) is 14.0. The molecule has 0 saturated carbocycles. The second-order valence-corrected chi connectivity index (χ2v) is 6.99. The van der Waals surface area contributed by atoms with Crippen molar-refractivity contribution in [3.63, 3.8) is 0 Å². The molecule has 0 fully saturated rings. The molecule has 4 nitrogen and oxygen atoms in total. The minimum absolute atomic E-state index is 0.0311. The van der Waals surface area contributed by atoms with E-state index in [4.69, 9.17) is 9.47 Å². The SMILES string of the molecule is COc1c(Br)cccc1CN(C(=O)OC(C)(C)C)C(C)C. The van der Waals surface area contributed by atoms with Crippen molar-refractivity contribution in [3.05, 3.63) is 28.2 Å². The van der Waals surface area contributed by atoms with Gasteiger partial charge < -0.3 is 14.4 Å². The Hall–Kier alpha value is -1.23. The molecule has 0 radical (unpaired) electrons. The fraction of sp³-hybridized carbons (Fsp3) is 0.562. The minimum atomic E-state index is -0.508. The molecule has 21 heavy (non-hydrogen) atoms. The van der Waals surface area contributed by atoms with E-state index >= 15 is 0 Å². The van der Waals surface area contributed by atoms with E-state index in [1.54, 1.807) is 12.0 Å². The number of para-hydroxylation sites is 1. The van der Waals surface area contributed by atoms with E-state index in [0.29, 0.717) is 6.54 Å². The maximum absolute atomic E-state index is 12.3. The molecule has 1 aromatic carbocycles.